The Bertz CT molecular complexity index is 1500. The van der Waals surface area contributed by atoms with Crippen LogP contribution in [-0.4, -0.2) is 32.3 Å². The fourth-order valence-electron chi connectivity index (χ4n) is 5.14. The molecule has 1 atom stereocenters. The molecule has 4 aromatic rings. The summed E-state index contributed by atoms with van der Waals surface area (Å²) in [6.07, 6.45) is 1.00. The van der Waals surface area contributed by atoms with Gasteiger partial charge in [0.2, 0.25) is 5.95 Å². The Balaban J connectivity index is 1.43. The molecule has 6 nitrogen and oxygen atoms in total. The molecule has 0 saturated carbocycles. The van der Waals surface area contributed by atoms with Crippen molar-refractivity contribution >= 4 is 22.7 Å². The molecule has 1 aliphatic heterocycles. The third-order valence-corrected chi connectivity index (χ3v) is 6.57. The number of aromatic nitrogens is 2. The molecular weight excluding hydrogens is 419 g/mol. The lowest BCUT2D eigenvalue weighted by Gasteiger charge is -2.22. The monoisotopic (exact) mass is 436 g/mol. The Morgan fingerprint density at radius 2 is 1.76 bits per heavy atom. The van der Waals surface area contributed by atoms with Crippen molar-refractivity contribution in [1.82, 2.24) is 14.5 Å². The first kappa shape index (κ1) is 19.4. The zero-order valence-electron chi connectivity index (χ0n) is 17.5. The van der Waals surface area contributed by atoms with Gasteiger partial charge in [-0.3, -0.25) is 14.5 Å². The van der Waals surface area contributed by atoms with Crippen LogP contribution in [0.4, 0.5) is 4.39 Å². The number of carbonyl (C=O) groups is 2. The van der Waals surface area contributed by atoms with Gasteiger partial charge in [-0.1, -0.05) is 18.2 Å². The highest BCUT2D eigenvalue weighted by Crippen LogP contribution is 2.38. The Morgan fingerprint density at radius 1 is 1.00 bits per heavy atom. The minimum absolute atomic E-state index is 0.272. The van der Waals surface area contributed by atoms with Crippen molar-refractivity contribution < 1.29 is 14.0 Å². The van der Waals surface area contributed by atoms with Gasteiger partial charge in [-0.2, -0.15) is 9.65 Å². The van der Waals surface area contributed by atoms with E-state index in [1.807, 2.05) is 12.1 Å². The third kappa shape index (κ3) is 2.88. The van der Waals surface area contributed by atoms with Gasteiger partial charge in [0, 0.05) is 29.1 Å². The summed E-state index contributed by atoms with van der Waals surface area (Å²) in [5, 5.41) is 10.3. The molecule has 33 heavy (non-hydrogen) atoms. The number of halogens is 1. The average molecular weight is 436 g/mol. The van der Waals surface area contributed by atoms with Crippen LogP contribution in [0, 0.1) is 17.3 Å². The van der Waals surface area contributed by atoms with E-state index in [0.717, 1.165) is 22.2 Å². The molecule has 0 bridgehead atoms. The maximum atomic E-state index is 13.7. The average Bonchev–Trinajstić information content (AvgIpc) is 3.44. The van der Waals surface area contributed by atoms with E-state index in [2.05, 4.69) is 15.6 Å². The van der Waals surface area contributed by atoms with Gasteiger partial charge in [-0.25, -0.2) is 4.98 Å². The first-order valence-electron chi connectivity index (χ1n) is 10.7. The summed E-state index contributed by atoms with van der Waals surface area (Å²) in [7, 11) is 0. The van der Waals surface area contributed by atoms with Crippen molar-refractivity contribution in [2.75, 3.05) is 0 Å². The lowest BCUT2D eigenvalue weighted by atomic mass is 10.1. The van der Waals surface area contributed by atoms with Crippen molar-refractivity contribution in [3.63, 3.8) is 0 Å². The predicted molar refractivity (Wildman–Crippen MR) is 118 cm³/mol. The smallest absolute Gasteiger partial charge is 0.261 e. The molecule has 2 aromatic heterocycles. The Hall–Kier alpha value is -4.31. The molecule has 160 valence electrons. The van der Waals surface area contributed by atoms with E-state index in [4.69, 9.17) is 0 Å². The number of imide groups is 1. The van der Waals surface area contributed by atoms with Crippen LogP contribution in [0.5, 0.6) is 0 Å². The first-order valence-corrected chi connectivity index (χ1v) is 10.7. The second-order valence-electron chi connectivity index (χ2n) is 8.39. The van der Waals surface area contributed by atoms with Crippen LogP contribution in [0.15, 0.2) is 60.7 Å². The number of nitriles is 1. The van der Waals surface area contributed by atoms with Gasteiger partial charge in [0.25, 0.3) is 11.8 Å². The molecule has 1 aliphatic carbocycles. The molecule has 0 fully saturated rings. The summed E-state index contributed by atoms with van der Waals surface area (Å²) < 4.78 is 15.8. The van der Waals surface area contributed by atoms with Gasteiger partial charge in [-0.15, -0.1) is 0 Å². The van der Waals surface area contributed by atoms with Crippen LogP contribution in [0.1, 0.15) is 43.2 Å². The van der Waals surface area contributed by atoms with Crippen LogP contribution in [0.25, 0.3) is 10.9 Å². The van der Waals surface area contributed by atoms with E-state index in [1.54, 1.807) is 42.5 Å². The quantitative estimate of drug-likeness (QED) is 0.361. The van der Waals surface area contributed by atoms with Gasteiger partial charge in [0.1, 0.15) is 0 Å². The molecule has 2 aliphatic rings. The molecule has 7 heteroatoms. The van der Waals surface area contributed by atoms with E-state index in [-0.39, 0.29) is 17.9 Å². The standard InChI is InChI=1S/C26H17FN4O2/c27-24-7-3-4-16(29-24)14-30-22-9-8-15(13-28)10-20(22)21-11-17(12-23(21)30)31-25(32)18-5-1-2-6-19(18)26(31)33/h1-10,17H,11-12,14H2. The molecule has 0 radical (unpaired) electrons. The summed E-state index contributed by atoms with van der Waals surface area (Å²) in [4.78, 5) is 31.5. The van der Waals surface area contributed by atoms with Crippen molar-refractivity contribution in [2.45, 2.75) is 25.4 Å². The highest BCUT2D eigenvalue weighted by Gasteiger charge is 2.43. The highest BCUT2D eigenvalue weighted by atomic mass is 19.1. The zero-order valence-corrected chi connectivity index (χ0v) is 17.5. The maximum absolute atomic E-state index is 13.7. The van der Waals surface area contributed by atoms with Crippen molar-refractivity contribution in [1.29, 1.82) is 5.26 Å². The molecule has 6 rings (SSSR count). The van der Waals surface area contributed by atoms with E-state index in [0.29, 0.717) is 41.8 Å². The van der Waals surface area contributed by atoms with Crippen LogP contribution < -0.4 is 0 Å². The number of pyridine rings is 1. The number of hydrogen-bond donors (Lipinski definition) is 0. The number of carbonyl (C=O) groups excluding carboxylic acids is 2. The SMILES string of the molecule is N#Cc1ccc2c(c1)c1c(n2Cc2cccc(F)n2)CC(N2C(=O)c3ccccc3C2=O)C1. The first-order chi connectivity index (χ1) is 16.0. The minimum Gasteiger partial charge on any atom is -0.338 e. The van der Waals surface area contributed by atoms with Gasteiger partial charge in [0.15, 0.2) is 0 Å². The molecule has 0 saturated heterocycles. The number of amides is 2. The Kier molecular flexibility index (Phi) is 4.17. The zero-order chi connectivity index (χ0) is 22.7. The van der Waals surface area contributed by atoms with Gasteiger partial charge in [0.05, 0.1) is 35.0 Å². The van der Waals surface area contributed by atoms with Crippen molar-refractivity contribution in [3.05, 3.63) is 100 Å². The molecular formula is C26H17FN4O2. The second kappa shape index (κ2) is 7.10. The number of nitrogens with zero attached hydrogens (tertiary/aromatic N) is 4. The topological polar surface area (TPSA) is 79.0 Å². The summed E-state index contributed by atoms with van der Waals surface area (Å²) in [5.74, 6) is -1.09. The van der Waals surface area contributed by atoms with Crippen LogP contribution in [-0.2, 0) is 19.4 Å². The summed E-state index contributed by atoms with van der Waals surface area (Å²) in [6.45, 7) is 0.352. The fourth-order valence-corrected chi connectivity index (χ4v) is 5.14. The predicted octanol–water partition coefficient (Wildman–Crippen LogP) is 3.86. The molecule has 2 amide bonds. The Morgan fingerprint density at radius 3 is 2.45 bits per heavy atom. The normalized spacial score (nSPS) is 16.8. The van der Waals surface area contributed by atoms with Crippen molar-refractivity contribution in [3.8, 4) is 6.07 Å². The highest BCUT2D eigenvalue weighted by molar-refractivity contribution is 6.21. The minimum atomic E-state index is -0.545. The molecule has 3 heterocycles. The number of hydrogen-bond acceptors (Lipinski definition) is 4. The summed E-state index contributed by atoms with van der Waals surface area (Å²) >= 11 is 0. The lowest BCUT2D eigenvalue weighted by Crippen LogP contribution is -2.40. The molecule has 2 aromatic carbocycles. The van der Waals surface area contributed by atoms with Gasteiger partial charge < -0.3 is 4.57 Å². The van der Waals surface area contributed by atoms with E-state index >= 15 is 0 Å². The number of benzene rings is 2. The van der Waals surface area contributed by atoms with Crippen LogP contribution >= 0.6 is 0 Å². The van der Waals surface area contributed by atoms with Crippen LogP contribution in [0.2, 0.25) is 0 Å². The fraction of sp³-hybridized carbons (Fsp3) is 0.154. The Labute approximate surface area is 188 Å². The third-order valence-electron chi connectivity index (χ3n) is 6.57. The van der Waals surface area contributed by atoms with Gasteiger partial charge >= 0.3 is 0 Å². The number of fused-ring (bicyclic) bond motifs is 4. The van der Waals surface area contributed by atoms with Crippen LogP contribution in [0.3, 0.4) is 0 Å². The van der Waals surface area contributed by atoms with E-state index in [1.165, 1.54) is 11.0 Å². The lowest BCUT2D eigenvalue weighted by molar-refractivity contribution is 0.0590. The van der Waals surface area contributed by atoms with E-state index < -0.39 is 5.95 Å². The van der Waals surface area contributed by atoms with Crippen molar-refractivity contribution in [2.24, 2.45) is 0 Å². The summed E-state index contributed by atoms with van der Waals surface area (Å²) in [6, 6.07) is 18.9. The molecule has 1 unspecified atom stereocenters. The molecule has 0 N–H and O–H groups in total. The maximum Gasteiger partial charge on any atom is 0.261 e. The number of rotatable bonds is 3. The van der Waals surface area contributed by atoms with Gasteiger partial charge in [-0.05, 0) is 54.4 Å². The largest absolute Gasteiger partial charge is 0.338 e. The van der Waals surface area contributed by atoms with E-state index in [9.17, 15) is 19.2 Å². The molecule has 0 spiro atoms. The summed E-state index contributed by atoms with van der Waals surface area (Å²) in [5.41, 5.74) is 4.89. The second-order valence-corrected chi connectivity index (χ2v) is 8.39.